The molecule has 0 amide bonds. The number of methoxy groups -OCH3 is 1. The molecular formula is C31H35BF2N2O. The van der Waals surface area contributed by atoms with Crippen LogP contribution >= 0.6 is 0 Å². The zero-order valence-electron chi connectivity index (χ0n) is 21.9. The van der Waals surface area contributed by atoms with Crippen LogP contribution in [0.2, 0.25) is 6.32 Å². The first kappa shape index (κ1) is 27.9. The van der Waals surface area contributed by atoms with Crippen LogP contribution in [0.4, 0.5) is 8.78 Å². The third-order valence-corrected chi connectivity index (χ3v) is 6.15. The number of rotatable bonds is 10. The normalized spacial score (nSPS) is 10.7. The van der Waals surface area contributed by atoms with E-state index in [-0.39, 0.29) is 18.3 Å². The molecule has 4 aromatic rings. The minimum absolute atomic E-state index is 0.0396. The number of imidazole rings is 1. The lowest BCUT2D eigenvalue weighted by Crippen LogP contribution is -2.43. The van der Waals surface area contributed by atoms with Crippen LogP contribution in [0, 0.1) is 11.6 Å². The van der Waals surface area contributed by atoms with E-state index in [0.717, 1.165) is 59.2 Å². The highest BCUT2D eigenvalue weighted by molar-refractivity contribution is 6.85. The average molecular weight is 500 g/mol. The van der Waals surface area contributed by atoms with Crippen LogP contribution in [-0.2, 0) is 12.8 Å². The van der Waals surface area contributed by atoms with Crippen LogP contribution < -0.4 is 15.7 Å². The fourth-order valence-corrected chi connectivity index (χ4v) is 4.28. The Morgan fingerprint density at radius 2 is 1.76 bits per heavy atom. The molecule has 0 saturated heterocycles. The summed E-state index contributed by atoms with van der Waals surface area (Å²) in [5, 5.41) is 0. The van der Waals surface area contributed by atoms with Crippen LogP contribution in [0.3, 0.4) is 0 Å². The molecule has 0 bridgehead atoms. The van der Waals surface area contributed by atoms with Gasteiger partial charge in [0.25, 0.3) is 0 Å². The maximum absolute atomic E-state index is 14.2. The molecule has 3 aromatic carbocycles. The molecule has 1 aromatic heterocycles. The van der Waals surface area contributed by atoms with Crippen molar-refractivity contribution in [2.24, 2.45) is 0 Å². The number of nitrogens with one attached hydrogen (secondary N) is 1. The Balaban J connectivity index is 0.000000220. The lowest BCUT2D eigenvalue weighted by molar-refractivity contribution is 0.415. The van der Waals surface area contributed by atoms with Crippen LogP contribution in [-0.4, -0.2) is 23.8 Å². The van der Waals surface area contributed by atoms with Gasteiger partial charge in [0.2, 0.25) is 6.71 Å². The number of allylic oxidation sites excluding steroid dienone is 2. The number of ether oxygens (including phenoxy) is 1. The lowest BCUT2D eigenvalue weighted by atomic mass is 9.38. The van der Waals surface area contributed by atoms with Crippen LogP contribution in [0.15, 0.2) is 91.3 Å². The number of hydrogen-bond acceptors (Lipinski definition) is 2. The Bertz CT molecular complexity index is 1260. The predicted molar refractivity (Wildman–Crippen MR) is 150 cm³/mol. The van der Waals surface area contributed by atoms with E-state index in [9.17, 15) is 8.78 Å². The molecule has 0 unspecified atom stereocenters. The van der Waals surface area contributed by atoms with Gasteiger partial charge in [-0.25, -0.2) is 13.8 Å². The molecule has 0 aliphatic carbocycles. The Morgan fingerprint density at radius 1 is 0.946 bits per heavy atom. The molecule has 0 spiro atoms. The Labute approximate surface area is 219 Å². The van der Waals surface area contributed by atoms with Crippen molar-refractivity contribution in [2.75, 3.05) is 7.11 Å². The van der Waals surface area contributed by atoms with Crippen molar-refractivity contribution in [3.8, 4) is 5.75 Å². The summed E-state index contributed by atoms with van der Waals surface area (Å²) in [6.07, 6.45) is 12.2. The molecule has 0 aliphatic rings. The molecule has 0 aliphatic heterocycles. The highest BCUT2D eigenvalue weighted by atomic mass is 19.1. The Morgan fingerprint density at radius 3 is 2.46 bits per heavy atom. The second kappa shape index (κ2) is 14.8. The van der Waals surface area contributed by atoms with Gasteiger partial charge in [-0.2, -0.15) is 0 Å². The predicted octanol–water partition coefficient (Wildman–Crippen LogP) is 6.50. The van der Waals surface area contributed by atoms with E-state index in [4.69, 9.17) is 4.74 Å². The summed E-state index contributed by atoms with van der Waals surface area (Å²) in [6.45, 7) is 4.18. The highest BCUT2D eigenvalue weighted by Gasteiger charge is 2.21. The summed E-state index contributed by atoms with van der Waals surface area (Å²) >= 11 is 0. The van der Waals surface area contributed by atoms with Gasteiger partial charge in [0, 0.05) is 18.8 Å². The van der Waals surface area contributed by atoms with Gasteiger partial charge >= 0.3 is 0 Å². The fraction of sp³-hybridized carbons (Fsp3) is 0.258. The van der Waals surface area contributed by atoms with E-state index in [0.29, 0.717) is 6.42 Å². The Hall–Kier alpha value is -3.67. The van der Waals surface area contributed by atoms with Gasteiger partial charge in [-0.15, -0.1) is 0 Å². The summed E-state index contributed by atoms with van der Waals surface area (Å²) in [4.78, 5) is 7.13. The van der Waals surface area contributed by atoms with Crippen molar-refractivity contribution in [1.82, 2.24) is 9.97 Å². The smallest absolute Gasteiger partial charge is 0.213 e. The fourth-order valence-electron chi connectivity index (χ4n) is 4.28. The van der Waals surface area contributed by atoms with Crippen molar-refractivity contribution in [1.29, 1.82) is 0 Å². The molecule has 4 rings (SSSR count). The first-order chi connectivity index (χ1) is 18.0. The zero-order valence-corrected chi connectivity index (χ0v) is 21.9. The van der Waals surface area contributed by atoms with Crippen molar-refractivity contribution in [3.63, 3.8) is 0 Å². The summed E-state index contributed by atoms with van der Waals surface area (Å²) in [5.41, 5.74) is 3.83. The quantitative estimate of drug-likeness (QED) is 0.199. The number of H-pyrrole nitrogens is 1. The zero-order chi connectivity index (χ0) is 26.5. The first-order valence-electron chi connectivity index (χ1n) is 12.8. The molecule has 1 N–H and O–H groups in total. The summed E-state index contributed by atoms with van der Waals surface area (Å²) in [5.74, 6) is 1.36. The molecule has 0 radical (unpaired) electrons. The van der Waals surface area contributed by atoms with E-state index in [1.807, 2.05) is 49.4 Å². The molecule has 37 heavy (non-hydrogen) atoms. The number of aromatic nitrogens is 2. The minimum Gasteiger partial charge on any atom is -0.497 e. The Kier molecular flexibility index (Phi) is 11.2. The van der Waals surface area contributed by atoms with Crippen molar-refractivity contribution in [3.05, 3.63) is 120 Å². The van der Waals surface area contributed by atoms with Crippen LogP contribution in [0.5, 0.6) is 5.75 Å². The van der Waals surface area contributed by atoms with Crippen LogP contribution in [0.25, 0.3) is 0 Å². The van der Waals surface area contributed by atoms with E-state index in [1.54, 1.807) is 37.7 Å². The average Bonchev–Trinajstić information content (AvgIpc) is 3.42. The van der Waals surface area contributed by atoms with E-state index >= 15 is 0 Å². The number of nitrogens with zero attached hydrogens (tertiary/aromatic N) is 1. The van der Waals surface area contributed by atoms with E-state index in [1.165, 1.54) is 6.07 Å². The highest BCUT2D eigenvalue weighted by Crippen LogP contribution is 2.13. The standard InChI is InChI=1S/C19H22BFO.C12H13FN2/c1-3-4-5-8-14-20(18-12-6-7-13-19(18)21)16-10-9-11-17(15-16)22-2;1-2-9-5-10(7-11(13)6-9)8-12-14-3-4-15-12/h4-7,9-13,15H,3,8,14H2,1-2H3;3-7H,2,8H2,1H3,(H,14,15). The minimum atomic E-state index is -0.170. The molecule has 3 nitrogen and oxygen atoms in total. The number of halogens is 2. The monoisotopic (exact) mass is 500 g/mol. The van der Waals surface area contributed by atoms with Gasteiger partial charge in [-0.1, -0.05) is 74.2 Å². The largest absolute Gasteiger partial charge is 0.497 e. The van der Waals surface area contributed by atoms with Crippen molar-refractivity contribution >= 4 is 17.6 Å². The maximum atomic E-state index is 14.2. The molecule has 0 atom stereocenters. The van der Waals surface area contributed by atoms with Gasteiger partial charge in [0.1, 0.15) is 23.2 Å². The van der Waals surface area contributed by atoms with Gasteiger partial charge < -0.3 is 9.72 Å². The lowest BCUT2D eigenvalue weighted by Gasteiger charge is -2.15. The number of aromatic amines is 1. The molecular weight excluding hydrogens is 465 g/mol. The molecule has 0 fully saturated rings. The number of aryl methyl sites for hydroxylation is 1. The van der Waals surface area contributed by atoms with Crippen molar-refractivity contribution < 1.29 is 13.5 Å². The molecule has 1 heterocycles. The van der Waals surface area contributed by atoms with Crippen LogP contribution in [0.1, 0.15) is 43.6 Å². The maximum Gasteiger partial charge on any atom is 0.213 e. The van der Waals surface area contributed by atoms with Gasteiger partial charge in [-0.3, -0.25) is 0 Å². The van der Waals surface area contributed by atoms with E-state index in [2.05, 4.69) is 29.0 Å². The van der Waals surface area contributed by atoms with E-state index < -0.39 is 0 Å². The SMILES string of the molecule is CCC=CCCB(c1cccc(OC)c1)c1ccccc1F.CCc1cc(F)cc(Cc2ncc[nH]2)c1. The summed E-state index contributed by atoms with van der Waals surface area (Å²) in [7, 11) is 1.65. The second-order valence-electron chi connectivity index (χ2n) is 8.84. The third-order valence-electron chi connectivity index (χ3n) is 6.15. The number of hydrogen-bond donors (Lipinski definition) is 1. The van der Waals surface area contributed by atoms with Gasteiger partial charge in [-0.05, 0) is 66.2 Å². The molecule has 0 saturated carbocycles. The van der Waals surface area contributed by atoms with Crippen molar-refractivity contribution in [2.45, 2.75) is 45.9 Å². The summed E-state index contributed by atoms with van der Waals surface area (Å²) < 4.78 is 32.8. The first-order valence-corrected chi connectivity index (χ1v) is 12.8. The van der Waals surface area contributed by atoms with Gasteiger partial charge in [0.05, 0.1) is 7.11 Å². The molecule has 192 valence electrons. The van der Waals surface area contributed by atoms with Gasteiger partial charge in [0.15, 0.2) is 0 Å². The molecule has 6 heteroatoms. The second-order valence-corrected chi connectivity index (χ2v) is 8.84. The summed E-state index contributed by atoms with van der Waals surface area (Å²) in [6, 6.07) is 20.1. The third kappa shape index (κ3) is 8.74. The number of benzene rings is 3. The topological polar surface area (TPSA) is 37.9 Å².